The molecule has 4 rings (SSSR count). The molecular weight excluding hydrogens is 457 g/mol. The Bertz CT molecular complexity index is 1360. The second-order valence-electron chi connectivity index (χ2n) is 7.94. The van der Waals surface area contributed by atoms with Crippen molar-refractivity contribution in [2.75, 3.05) is 13.2 Å². The molecule has 3 aromatic rings. The summed E-state index contributed by atoms with van der Waals surface area (Å²) in [6.45, 7) is 0.895. The van der Waals surface area contributed by atoms with E-state index in [2.05, 4.69) is 5.32 Å². The van der Waals surface area contributed by atoms with Crippen molar-refractivity contribution >= 4 is 22.8 Å². The predicted octanol–water partition coefficient (Wildman–Crippen LogP) is 3.02. The molecule has 1 aliphatic rings. The topological polar surface area (TPSA) is 118 Å². The average molecular weight is 476 g/mol. The second-order valence-corrected chi connectivity index (χ2v) is 7.94. The summed E-state index contributed by atoms with van der Waals surface area (Å²) < 4.78 is 45.7. The van der Waals surface area contributed by atoms with E-state index in [0.717, 1.165) is 12.1 Å². The summed E-state index contributed by atoms with van der Waals surface area (Å²) in [5, 5.41) is 21.9. The summed E-state index contributed by atoms with van der Waals surface area (Å²) in [5.41, 5.74) is -0.994. The van der Waals surface area contributed by atoms with Crippen LogP contribution in [0.1, 0.15) is 33.1 Å². The van der Waals surface area contributed by atoms with Crippen molar-refractivity contribution in [2.45, 2.75) is 25.6 Å². The SMILES string of the molecule is Cc1ccc2c3c1c(O)c(C(=O)NCC(=O)O)c(=O)n3C(Cc1ccc(C(F)(F)F)cc1)CO2. The number of aromatic nitrogens is 1. The third-order valence-electron chi connectivity index (χ3n) is 5.67. The number of pyridine rings is 1. The minimum atomic E-state index is -4.48. The lowest BCUT2D eigenvalue weighted by atomic mass is 9.99. The number of hydrogen-bond donors (Lipinski definition) is 3. The largest absolute Gasteiger partial charge is 0.506 e. The van der Waals surface area contributed by atoms with Gasteiger partial charge in [0.25, 0.3) is 11.5 Å². The zero-order valence-corrected chi connectivity index (χ0v) is 17.8. The number of benzene rings is 2. The molecule has 2 heterocycles. The lowest BCUT2D eigenvalue weighted by molar-refractivity contribution is -0.138. The van der Waals surface area contributed by atoms with Gasteiger partial charge < -0.3 is 20.3 Å². The van der Waals surface area contributed by atoms with Crippen LogP contribution in [0.5, 0.6) is 11.5 Å². The van der Waals surface area contributed by atoms with Gasteiger partial charge in [-0.1, -0.05) is 18.2 Å². The van der Waals surface area contributed by atoms with Crippen LogP contribution in [0.3, 0.4) is 0 Å². The first kappa shape index (κ1) is 23.1. The van der Waals surface area contributed by atoms with Gasteiger partial charge in [0.05, 0.1) is 17.1 Å². The number of carbonyl (C=O) groups is 2. The monoisotopic (exact) mass is 476 g/mol. The number of rotatable bonds is 5. The quantitative estimate of drug-likeness (QED) is 0.521. The minimum absolute atomic E-state index is 0.00689. The minimum Gasteiger partial charge on any atom is -0.506 e. The summed E-state index contributed by atoms with van der Waals surface area (Å²) in [5.74, 6) is -2.69. The molecule has 3 N–H and O–H groups in total. The molecule has 0 aliphatic carbocycles. The van der Waals surface area contributed by atoms with Crippen molar-refractivity contribution in [3.05, 3.63) is 69.0 Å². The number of carboxylic acid groups (broad SMARTS) is 1. The number of ether oxygens (including phenoxy) is 1. The normalized spacial score (nSPS) is 15.1. The number of aliphatic carboxylic acids is 1. The fraction of sp³-hybridized carbons (Fsp3) is 0.261. The maximum atomic E-state index is 13.4. The molecule has 11 heteroatoms. The van der Waals surface area contributed by atoms with Gasteiger partial charge in [-0.2, -0.15) is 13.2 Å². The molecule has 0 bridgehead atoms. The van der Waals surface area contributed by atoms with Crippen molar-refractivity contribution in [3.63, 3.8) is 0 Å². The van der Waals surface area contributed by atoms with E-state index in [1.807, 2.05) is 0 Å². The molecule has 1 unspecified atom stereocenters. The number of aryl methyl sites for hydroxylation is 1. The van der Waals surface area contributed by atoms with E-state index in [1.54, 1.807) is 19.1 Å². The number of carbonyl (C=O) groups excluding carboxylic acids is 1. The summed E-state index contributed by atoms with van der Waals surface area (Å²) >= 11 is 0. The van der Waals surface area contributed by atoms with E-state index in [-0.39, 0.29) is 23.9 Å². The first-order valence-electron chi connectivity index (χ1n) is 10.2. The van der Waals surface area contributed by atoms with Gasteiger partial charge in [0.2, 0.25) is 0 Å². The van der Waals surface area contributed by atoms with E-state index in [4.69, 9.17) is 9.84 Å². The molecule has 1 amide bonds. The standard InChI is InChI=1S/C23H19F3N2O6/c1-11-2-7-15-19-17(11)20(31)18(21(32)27-9-16(29)30)22(33)28(19)14(10-34-15)8-12-3-5-13(6-4-12)23(24,25)26/h2-7,14,31H,8-10H2,1H3,(H,27,32)(H,29,30). The van der Waals surface area contributed by atoms with Crippen molar-refractivity contribution in [1.29, 1.82) is 0 Å². The first-order valence-corrected chi connectivity index (χ1v) is 10.2. The molecular formula is C23H19F3N2O6. The van der Waals surface area contributed by atoms with Crippen LogP contribution in [-0.2, 0) is 17.4 Å². The van der Waals surface area contributed by atoms with E-state index < -0.39 is 53.1 Å². The van der Waals surface area contributed by atoms with Gasteiger partial charge >= 0.3 is 12.1 Å². The molecule has 0 saturated heterocycles. The fourth-order valence-corrected chi connectivity index (χ4v) is 4.09. The number of amides is 1. The third kappa shape index (κ3) is 4.04. The maximum absolute atomic E-state index is 13.4. The van der Waals surface area contributed by atoms with E-state index in [9.17, 15) is 32.7 Å². The van der Waals surface area contributed by atoms with E-state index in [0.29, 0.717) is 16.9 Å². The Kier molecular flexibility index (Phi) is 5.72. The maximum Gasteiger partial charge on any atom is 0.416 e. The van der Waals surface area contributed by atoms with Crippen molar-refractivity contribution in [3.8, 4) is 11.5 Å². The van der Waals surface area contributed by atoms with Crippen LogP contribution in [-0.4, -0.2) is 39.8 Å². The molecule has 1 atom stereocenters. The Hall–Kier alpha value is -4.02. The van der Waals surface area contributed by atoms with Crippen LogP contribution in [0.4, 0.5) is 13.2 Å². The Morgan fingerprint density at radius 3 is 2.47 bits per heavy atom. The number of carboxylic acids is 1. The van der Waals surface area contributed by atoms with E-state index >= 15 is 0 Å². The zero-order valence-electron chi connectivity index (χ0n) is 17.8. The average Bonchev–Trinajstić information content (AvgIpc) is 2.76. The summed E-state index contributed by atoms with van der Waals surface area (Å²) in [4.78, 5) is 36.9. The Morgan fingerprint density at radius 2 is 1.85 bits per heavy atom. The Labute approximate surface area is 190 Å². The summed E-state index contributed by atoms with van der Waals surface area (Å²) in [6.07, 6.45) is -4.37. The van der Waals surface area contributed by atoms with Crippen LogP contribution >= 0.6 is 0 Å². The molecule has 1 aromatic heterocycles. The van der Waals surface area contributed by atoms with Crippen LogP contribution in [0, 0.1) is 6.92 Å². The molecule has 0 fully saturated rings. The highest BCUT2D eigenvalue weighted by atomic mass is 19.4. The van der Waals surface area contributed by atoms with Gasteiger partial charge in [-0.3, -0.25) is 19.0 Å². The van der Waals surface area contributed by atoms with Crippen molar-refractivity contribution < 1.29 is 37.7 Å². The lowest BCUT2D eigenvalue weighted by Gasteiger charge is -2.30. The highest BCUT2D eigenvalue weighted by molar-refractivity contribution is 6.05. The molecule has 0 spiro atoms. The molecule has 34 heavy (non-hydrogen) atoms. The Morgan fingerprint density at radius 1 is 1.18 bits per heavy atom. The first-order chi connectivity index (χ1) is 16.0. The number of hydrogen-bond acceptors (Lipinski definition) is 5. The molecule has 0 saturated carbocycles. The number of halogens is 3. The number of alkyl halides is 3. The highest BCUT2D eigenvalue weighted by Crippen LogP contribution is 2.39. The van der Waals surface area contributed by atoms with Crippen LogP contribution in [0.25, 0.3) is 10.9 Å². The van der Waals surface area contributed by atoms with Crippen LogP contribution in [0.2, 0.25) is 0 Å². The third-order valence-corrected chi connectivity index (χ3v) is 5.67. The highest BCUT2D eigenvalue weighted by Gasteiger charge is 2.32. The summed E-state index contributed by atoms with van der Waals surface area (Å²) in [6, 6.07) is 7.05. The van der Waals surface area contributed by atoms with Gasteiger partial charge in [0.15, 0.2) is 0 Å². The number of nitrogens with one attached hydrogen (secondary N) is 1. The molecule has 2 aromatic carbocycles. The van der Waals surface area contributed by atoms with Gasteiger partial charge in [-0.15, -0.1) is 0 Å². The lowest BCUT2D eigenvalue weighted by Crippen LogP contribution is -2.39. The fourth-order valence-electron chi connectivity index (χ4n) is 4.09. The van der Waals surface area contributed by atoms with Gasteiger partial charge in [0.1, 0.15) is 30.2 Å². The summed E-state index contributed by atoms with van der Waals surface area (Å²) in [7, 11) is 0. The molecule has 8 nitrogen and oxygen atoms in total. The smallest absolute Gasteiger partial charge is 0.416 e. The van der Waals surface area contributed by atoms with E-state index in [1.165, 1.54) is 16.7 Å². The number of nitrogens with zero attached hydrogens (tertiary/aromatic N) is 1. The molecule has 1 aliphatic heterocycles. The Balaban J connectivity index is 1.84. The molecule has 0 radical (unpaired) electrons. The molecule has 178 valence electrons. The van der Waals surface area contributed by atoms with Crippen LogP contribution < -0.4 is 15.6 Å². The van der Waals surface area contributed by atoms with Crippen molar-refractivity contribution in [2.24, 2.45) is 0 Å². The van der Waals surface area contributed by atoms with Gasteiger partial charge in [0, 0.05) is 5.39 Å². The van der Waals surface area contributed by atoms with Gasteiger partial charge in [-0.25, -0.2) is 0 Å². The number of aromatic hydroxyl groups is 1. The second kappa shape index (κ2) is 8.40. The van der Waals surface area contributed by atoms with Crippen LogP contribution in [0.15, 0.2) is 41.2 Å². The predicted molar refractivity (Wildman–Crippen MR) is 114 cm³/mol. The van der Waals surface area contributed by atoms with Crippen molar-refractivity contribution in [1.82, 2.24) is 9.88 Å². The zero-order chi connectivity index (χ0) is 24.8. The van der Waals surface area contributed by atoms with Gasteiger partial charge in [-0.05, 0) is 42.7 Å².